The number of ether oxygens (including phenoxy) is 1. The number of aryl methyl sites for hydroxylation is 1. The van der Waals surface area contributed by atoms with Crippen molar-refractivity contribution in [1.82, 2.24) is 15.2 Å². The second kappa shape index (κ2) is 11.0. The van der Waals surface area contributed by atoms with Gasteiger partial charge in [0, 0.05) is 19.2 Å². The Bertz CT molecular complexity index is 1260. The van der Waals surface area contributed by atoms with Crippen LogP contribution in [0, 0.1) is 6.92 Å². The van der Waals surface area contributed by atoms with Gasteiger partial charge in [-0.25, -0.2) is 8.42 Å². The number of hydrazine groups is 1. The molecule has 0 atom stereocenters. The summed E-state index contributed by atoms with van der Waals surface area (Å²) in [4.78, 5) is 24.7. The number of sulfonamides is 1. The van der Waals surface area contributed by atoms with Crippen LogP contribution in [0.3, 0.4) is 0 Å². The summed E-state index contributed by atoms with van der Waals surface area (Å²) in [5.41, 5.74) is 7.55. The van der Waals surface area contributed by atoms with Crippen LogP contribution in [0.2, 0.25) is 0 Å². The zero-order chi connectivity index (χ0) is 24.7. The monoisotopic (exact) mass is 481 g/mol. The molecule has 0 heterocycles. The molecule has 0 aliphatic carbocycles. The average Bonchev–Trinajstić information content (AvgIpc) is 2.83. The smallest absolute Gasteiger partial charge is 0.269 e. The number of amides is 2. The van der Waals surface area contributed by atoms with Crippen molar-refractivity contribution >= 4 is 21.8 Å². The molecule has 0 aliphatic rings. The Balaban J connectivity index is 1.54. The van der Waals surface area contributed by atoms with Gasteiger partial charge in [0.1, 0.15) is 5.75 Å². The van der Waals surface area contributed by atoms with E-state index >= 15 is 0 Å². The highest BCUT2D eigenvalue weighted by Gasteiger charge is 2.20. The van der Waals surface area contributed by atoms with E-state index < -0.39 is 15.9 Å². The minimum absolute atomic E-state index is 0.0816. The van der Waals surface area contributed by atoms with Crippen LogP contribution in [0.1, 0.15) is 27.0 Å². The molecule has 0 bridgehead atoms. The molecule has 3 rings (SSSR count). The number of benzene rings is 3. The highest BCUT2D eigenvalue weighted by atomic mass is 32.2. The lowest BCUT2D eigenvalue weighted by molar-refractivity contribution is -0.121. The number of hydrogen-bond donors (Lipinski definition) is 2. The second-order valence-corrected chi connectivity index (χ2v) is 9.85. The molecular formula is C25H27N3O5S. The van der Waals surface area contributed by atoms with Crippen molar-refractivity contribution in [1.29, 1.82) is 0 Å². The normalized spacial score (nSPS) is 11.2. The molecule has 0 aromatic heterocycles. The summed E-state index contributed by atoms with van der Waals surface area (Å²) in [6.45, 7) is 2.04. The van der Waals surface area contributed by atoms with Gasteiger partial charge in [-0.2, -0.15) is 4.31 Å². The number of carbonyl (C=O) groups excluding carboxylic acids is 2. The van der Waals surface area contributed by atoms with Gasteiger partial charge in [-0.15, -0.1) is 0 Å². The van der Waals surface area contributed by atoms with E-state index in [0.29, 0.717) is 11.3 Å². The summed E-state index contributed by atoms with van der Waals surface area (Å²) in [7, 11) is -0.575. The first-order valence-corrected chi connectivity index (χ1v) is 12.0. The fourth-order valence-electron chi connectivity index (χ4n) is 3.20. The molecule has 0 unspecified atom stereocenters. The van der Waals surface area contributed by atoms with Gasteiger partial charge in [-0.1, -0.05) is 42.0 Å². The van der Waals surface area contributed by atoms with Crippen LogP contribution in [0.5, 0.6) is 5.75 Å². The number of hydrogen-bond acceptors (Lipinski definition) is 5. The van der Waals surface area contributed by atoms with Crippen LogP contribution >= 0.6 is 0 Å². The molecule has 34 heavy (non-hydrogen) atoms. The summed E-state index contributed by atoms with van der Waals surface area (Å²) in [6, 6.07) is 20.3. The van der Waals surface area contributed by atoms with Crippen LogP contribution < -0.4 is 15.6 Å². The summed E-state index contributed by atoms with van der Waals surface area (Å²) in [5, 5.41) is 0. The van der Waals surface area contributed by atoms with Gasteiger partial charge in [-0.05, 0) is 54.4 Å². The molecule has 2 N–H and O–H groups in total. The van der Waals surface area contributed by atoms with Crippen molar-refractivity contribution < 1.29 is 22.7 Å². The molecule has 2 amide bonds. The lowest BCUT2D eigenvalue weighted by Gasteiger charge is -2.17. The van der Waals surface area contributed by atoms with Crippen LogP contribution in [0.15, 0.2) is 77.7 Å². The summed E-state index contributed by atoms with van der Waals surface area (Å²) >= 11 is 0. The molecule has 0 spiro atoms. The Morgan fingerprint density at radius 1 is 0.912 bits per heavy atom. The van der Waals surface area contributed by atoms with Crippen molar-refractivity contribution in [3.63, 3.8) is 0 Å². The first-order chi connectivity index (χ1) is 16.2. The predicted octanol–water partition coefficient (Wildman–Crippen LogP) is 2.83. The summed E-state index contributed by atoms with van der Waals surface area (Å²) in [5.74, 6) is -0.209. The number of nitrogens with zero attached hydrogens (tertiary/aromatic N) is 1. The number of methoxy groups -OCH3 is 1. The number of nitrogens with one attached hydrogen (secondary N) is 2. The fourth-order valence-corrected chi connectivity index (χ4v) is 4.36. The first kappa shape index (κ1) is 24.9. The molecule has 0 saturated carbocycles. The molecule has 8 nitrogen and oxygen atoms in total. The Morgan fingerprint density at radius 2 is 1.59 bits per heavy atom. The van der Waals surface area contributed by atoms with E-state index in [4.69, 9.17) is 4.74 Å². The molecule has 3 aromatic carbocycles. The number of rotatable bonds is 8. The summed E-state index contributed by atoms with van der Waals surface area (Å²) < 4.78 is 31.9. The predicted molar refractivity (Wildman–Crippen MR) is 129 cm³/mol. The van der Waals surface area contributed by atoms with E-state index in [9.17, 15) is 18.0 Å². The molecule has 0 saturated heterocycles. The van der Waals surface area contributed by atoms with E-state index in [-0.39, 0.29) is 23.8 Å². The highest BCUT2D eigenvalue weighted by molar-refractivity contribution is 7.89. The SMILES string of the molecule is COc1cccc(CC(=O)NNC(=O)c2ccc(CN(C)S(=O)(=O)c3ccc(C)cc3)cc2)c1. The standard InChI is InChI=1S/C25H27N3O5S/c1-18-7-13-23(14-8-18)34(31,32)28(2)17-19-9-11-21(12-10-19)25(30)27-26-24(29)16-20-5-4-6-22(15-20)33-3/h4-15H,16-17H2,1-3H3,(H,26,29)(H,27,30). The Labute approximate surface area is 199 Å². The van der Waals surface area contributed by atoms with Crippen molar-refractivity contribution in [2.45, 2.75) is 24.8 Å². The second-order valence-electron chi connectivity index (χ2n) is 7.80. The third kappa shape index (κ3) is 6.43. The van der Waals surface area contributed by atoms with Gasteiger partial charge in [-0.3, -0.25) is 20.4 Å². The van der Waals surface area contributed by atoms with Gasteiger partial charge in [0.05, 0.1) is 18.4 Å². The molecular weight excluding hydrogens is 454 g/mol. The van der Waals surface area contributed by atoms with Crippen LogP contribution in [0.4, 0.5) is 0 Å². The van der Waals surface area contributed by atoms with Gasteiger partial charge in [0.15, 0.2) is 0 Å². The van der Waals surface area contributed by atoms with Crippen molar-refractivity contribution in [3.05, 3.63) is 95.1 Å². The van der Waals surface area contributed by atoms with Crippen LogP contribution in [-0.4, -0.2) is 38.7 Å². The van der Waals surface area contributed by atoms with E-state index in [2.05, 4.69) is 10.9 Å². The van der Waals surface area contributed by atoms with E-state index in [1.807, 2.05) is 6.92 Å². The molecule has 3 aromatic rings. The van der Waals surface area contributed by atoms with Crippen molar-refractivity contribution in [2.75, 3.05) is 14.2 Å². The zero-order valence-corrected chi connectivity index (χ0v) is 20.1. The quantitative estimate of drug-likeness (QED) is 0.482. The lowest BCUT2D eigenvalue weighted by Crippen LogP contribution is -2.42. The summed E-state index contributed by atoms with van der Waals surface area (Å²) in [6.07, 6.45) is 0.0816. The molecule has 0 aliphatic heterocycles. The Morgan fingerprint density at radius 3 is 2.24 bits per heavy atom. The average molecular weight is 482 g/mol. The van der Waals surface area contributed by atoms with Crippen LogP contribution in [0.25, 0.3) is 0 Å². The fraction of sp³-hybridized carbons (Fsp3) is 0.200. The minimum Gasteiger partial charge on any atom is -0.497 e. The van der Waals surface area contributed by atoms with Crippen LogP contribution in [-0.2, 0) is 27.8 Å². The third-order valence-corrected chi connectivity index (χ3v) is 6.98. The molecule has 178 valence electrons. The van der Waals surface area contributed by atoms with Gasteiger partial charge in [0.2, 0.25) is 15.9 Å². The van der Waals surface area contributed by atoms with E-state index in [1.54, 1.807) is 79.9 Å². The van der Waals surface area contributed by atoms with Gasteiger partial charge in [0.25, 0.3) is 5.91 Å². The van der Waals surface area contributed by atoms with Crippen molar-refractivity contribution in [3.8, 4) is 5.75 Å². The van der Waals surface area contributed by atoms with E-state index in [0.717, 1.165) is 16.7 Å². The maximum Gasteiger partial charge on any atom is 0.269 e. The Hall–Kier alpha value is -3.69. The largest absolute Gasteiger partial charge is 0.497 e. The van der Waals surface area contributed by atoms with E-state index in [1.165, 1.54) is 11.4 Å². The first-order valence-electron chi connectivity index (χ1n) is 10.5. The molecule has 0 radical (unpaired) electrons. The van der Waals surface area contributed by atoms with Gasteiger partial charge < -0.3 is 4.74 Å². The molecule has 9 heteroatoms. The molecule has 0 fully saturated rings. The van der Waals surface area contributed by atoms with Gasteiger partial charge >= 0.3 is 0 Å². The van der Waals surface area contributed by atoms with Crippen molar-refractivity contribution in [2.24, 2.45) is 0 Å². The maximum atomic E-state index is 12.8. The minimum atomic E-state index is -3.63. The zero-order valence-electron chi connectivity index (χ0n) is 19.2. The maximum absolute atomic E-state index is 12.8. The number of carbonyl (C=O) groups is 2. The third-order valence-electron chi connectivity index (χ3n) is 5.16. The highest BCUT2D eigenvalue weighted by Crippen LogP contribution is 2.18. The topological polar surface area (TPSA) is 105 Å². The Kier molecular flexibility index (Phi) is 8.04. The lowest BCUT2D eigenvalue weighted by atomic mass is 10.1.